The number of nitrogens with one attached hydrogen (secondary N) is 1. The molecule has 0 saturated carbocycles. The van der Waals surface area contributed by atoms with Gasteiger partial charge in [-0.25, -0.2) is 14.3 Å². The highest BCUT2D eigenvalue weighted by atomic mass is 16.6. The van der Waals surface area contributed by atoms with Crippen LogP contribution in [0.3, 0.4) is 0 Å². The largest absolute Gasteiger partial charge is 0.494 e. The zero-order chi connectivity index (χ0) is 21.0. The van der Waals surface area contributed by atoms with Gasteiger partial charge >= 0.3 is 6.09 Å². The van der Waals surface area contributed by atoms with Crippen LogP contribution in [0.15, 0.2) is 36.8 Å². The number of pyridine rings is 1. The van der Waals surface area contributed by atoms with Crippen molar-refractivity contribution in [3.63, 3.8) is 0 Å². The number of imidazole rings is 1. The van der Waals surface area contributed by atoms with Crippen LogP contribution >= 0.6 is 0 Å². The van der Waals surface area contributed by atoms with Crippen LogP contribution in [0.5, 0.6) is 5.75 Å². The van der Waals surface area contributed by atoms with Crippen molar-refractivity contribution >= 4 is 17.6 Å². The molecule has 3 aromatic heterocycles. The monoisotopic (exact) mass is 398 g/mol. The second kappa shape index (κ2) is 8.34. The summed E-state index contributed by atoms with van der Waals surface area (Å²) >= 11 is 0. The molecule has 0 spiro atoms. The molecule has 3 aromatic rings. The number of aromatic nitrogens is 4. The van der Waals surface area contributed by atoms with Crippen molar-refractivity contribution in [2.24, 2.45) is 0 Å². The van der Waals surface area contributed by atoms with E-state index in [0.717, 1.165) is 16.9 Å². The fraction of sp³-hybridized carbons (Fsp3) is 0.400. The number of amides is 1. The Morgan fingerprint density at radius 2 is 2.03 bits per heavy atom. The van der Waals surface area contributed by atoms with Crippen LogP contribution in [0.4, 0.5) is 10.6 Å². The number of carbonyl (C=O) groups excluding carboxylic acids is 1. The van der Waals surface area contributed by atoms with Gasteiger partial charge in [0.25, 0.3) is 0 Å². The lowest BCUT2D eigenvalue weighted by atomic mass is 10.2. The molecule has 3 heterocycles. The van der Waals surface area contributed by atoms with E-state index in [9.17, 15) is 4.79 Å². The number of carbonyl (C=O) groups is 1. The van der Waals surface area contributed by atoms with E-state index in [1.807, 2.05) is 39.0 Å². The average molecular weight is 398 g/mol. The molecule has 0 aromatic carbocycles. The van der Waals surface area contributed by atoms with E-state index in [1.165, 1.54) is 4.90 Å². The lowest BCUT2D eigenvalue weighted by Crippen LogP contribution is -2.36. The molecule has 0 bridgehead atoms. The summed E-state index contributed by atoms with van der Waals surface area (Å²) in [6, 6.07) is 5.59. The van der Waals surface area contributed by atoms with Gasteiger partial charge in [-0.2, -0.15) is 0 Å². The van der Waals surface area contributed by atoms with Crippen molar-refractivity contribution < 1.29 is 14.3 Å². The Bertz CT molecular complexity index is 995. The van der Waals surface area contributed by atoms with Crippen molar-refractivity contribution in [2.75, 3.05) is 32.6 Å². The van der Waals surface area contributed by atoms with Crippen molar-refractivity contribution in [1.29, 1.82) is 0 Å². The van der Waals surface area contributed by atoms with Crippen LogP contribution in [-0.4, -0.2) is 63.4 Å². The highest BCUT2D eigenvalue weighted by molar-refractivity contribution is 5.69. The molecule has 1 amide bonds. The Morgan fingerprint density at radius 1 is 1.24 bits per heavy atom. The van der Waals surface area contributed by atoms with E-state index in [0.29, 0.717) is 24.7 Å². The van der Waals surface area contributed by atoms with Gasteiger partial charge < -0.3 is 19.7 Å². The number of nitrogens with zero attached hydrogens (tertiary/aromatic N) is 5. The number of hydrogen-bond acceptors (Lipinski definition) is 7. The summed E-state index contributed by atoms with van der Waals surface area (Å²) in [5.41, 5.74) is 1.85. The molecule has 0 aliphatic heterocycles. The summed E-state index contributed by atoms with van der Waals surface area (Å²) in [5, 5.41) is 7.85. The van der Waals surface area contributed by atoms with Crippen LogP contribution in [0, 0.1) is 0 Å². The molecule has 29 heavy (non-hydrogen) atoms. The molecule has 0 fully saturated rings. The van der Waals surface area contributed by atoms with E-state index in [-0.39, 0.29) is 6.09 Å². The first-order valence-corrected chi connectivity index (χ1v) is 9.29. The summed E-state index contributed by atoms with van der Waals surface area (Å²) in [7, 11) is 3.31. The first-order valence-electron chi connectivity index (χ1n) is 9.29. The lowest BCUT2D eigenvalue weighted by Gasteiger charge is -2.24. The number of ether oxygens (including phenoxy) is 2. The number of hydrogen-bond donors (Lipinski definition) is 1. The topological polar surface area (TPSA) is 93.9 Å². The van der Waals surface area contributed by atoms with Gasteiger partial charge in [0.05, 0.1) is 25.2 Å². The zero-order valence-corrected chi connectivity index (χ0v) is 17.3. The minimum absolute atomic E-state index is 0.357. The number of fused-ring (bicyclic) bond motifs is 1. The smallest absolute Gasteiger partial charge is 0.410 e. The second-order valence-corrected chi connectivity index (χ2v) is 7.54. The molecular weight excluding hydrogens is 372 g/mol. The Hall–Kier alpha value is -3.36. The summed E-state index contributed by atoms with van der Waals surface area (Å²) in [6.07, 6.45) is 4.75. The van der Waals surface area contributed by atoms with Gasteiger partial charge in [0.2, 0.25) is 0 Å². The molecule has 3 rings (SSSR count). The molecule has 0 aliphatic carbocycles. The molecule has 0 aliphatic rings. The summed E-state index contributed by atoms with van der Waals surface area (Å²) in [4.78, 5) is 22.1. The van der Waals surface area contributed by atoms with Crippen LogP contribution < -0.4 is 10.1 Å². The van der Waals surface area contributed by atoms with Gasteiger partial charge in [-0.3, -0.25) is 4.98 Å². The number of methoxy groups -OCH3 is 1. The van der Waals surface area contributed by atoms with Crippen molar-refractivity contribution in [3.8, 4) is 17.0 Å². The minimum Gasteiger partial charge on any atom is -0.494 e. The van der Waals surface area contributed by atoms with E-state index in [1.54, 1.807) is 37.3 Å². The van der Waals surface area contributed by atoms with Gasteiger partial charge in [0, 0.05) is 31.9 Å². The maximum Gasteiger partial charge on any atom is 0.410 e. The molecule has 0 atom stereocenters. The lowest BCUT2D eigenvalue weighted by molar-refractivity contribution is 0.0305. The Kier molecular flexibility index (Phi) is 5.86. The second-order valence-electron chi connectivity index (χ2n) is 7.54. The van der Waals surface area contributed by atoms with Gasteiger partial charge in [0.15, 0.2) is 5.65 Å². The molecule has 9 nitrogen and oxygen atoms in total. The molecule has 1 N–H and O–H groups in total. The predicted octanol–water partition coefficient (Wildman–Crippen LogP) is 3.08. The Morgan fingerprint density at radius 3 is 2.76 bits per heavy atom. The zero-order valence-electron chi connectivity index (χ0n) is 17.3. The van der Waals surface area contributed by atoms with Gasteiger partial charge in [-0.05, 0) is 39.0 Å². The van der Waals surface area contributed by atoms with Gasteiger partial charge in [-0.15, -0.1) is 5.10 Å². The third-order valence-corrected chi connectivity index (χ3v) is 4.10. The van der Waals surface area contributed by atoms with Gasteiger partial charge in [-0.1, -0.05) is 0 Å². The van der Waals surface area contributed by atoms with Crippen molar-refractivity contribution in [1.82, 2.24) is 24.5 Å². The predicted molar refractivity (Wildman–Crippen MR) is 110 cm³/mol. The Labute approximate surface area is 169 Å². The summed E-state index contributed by atoms with van der Waals surface area (Å²) < 4.78 is 12.5. The molecule has 154 valence electrons. The van der Waals surface area contributed by atoms with E-state index in [4.69, 9.17) is 9.47 Å². The van der Waals surface area contributed by atoms with E-state index in [2.05, 4.69) is 20.4 Å². The molecular formula is C20H26N6O3. The van der Waals surface area contributed by atoms with E-state index < -0.39 is 5.60 Å². The first kappa shape index (κ1) is 20.4. The summed E-state index contributed by atoms with van der Waals surface area (Å²) in [5.74, 6) is 1.32. The number of anilines is 1. The average Bonchev–Trinajstić information content (AvgIpc) is 3.09. The van der Waals surface area contributed by atoms with Crippen LogP contribution in [-0.2, 0) is 4.74 Å². The Balaban J connectivity index is 1.71. The third-order valence-electron chi connectivity index (χ3n) is 4.10. The fourth-order valence-corrected chi connectivity index (χ4v) is 2.69. The highest BCUT2D eigenvalue weighted by Crippen LogP contribution is 2.29. The molecule has 0 unspecified atom stereocenters. The maximum atomic E-state index is 12.0. The van der Waals surface area contributed by atoms with Crippen molar-refractivity contribution in [2.45, 2.75) is 26.4 Å². The maximum absolute atomic E-state index is 12.0. The number of rotatable bonds is 6. The molecule has 0 radical (unpaired) electrons. The van der Waals surface area contributed by atoms with E-state index >= 15 is 0 Å². The highest BCUT2D eigenvalue weighted by Gasteiger charge is 2.19. The standard InChI is InChI=1S/C20H26N6O3/c1-20(2,3)29-19(27)25(4)11-10-22-17-6-7-18-23-12-15(26(18)24-17)14-8-9-21-13-16(14)28-5/h6-9,12-13H,10-11H2,1-5H3,(H,22,24). The van der Waals surface area contributed by atoms with Crippen LogP contribution in [0.2, 0.25) is 0 Å². The SMILES string of the molecule is COc1cnccc1-c1cnc2ccc(NCCN(C)C(=O)OC(C)(C)C)nn12. The summed E-state index contributed by atoms with van der Waals surface area (Å²) in [6.45, 7) is 6.53. The quantitative estimate of drug-likeness (QED) is 0.682. The minimum atomic E-state index is -0.517. The number of likely N-dealkylation sites (N-methyl/N-ethyl adjacent to an activating group) is 1. The fourth-order valence-electron chi connectivity index (χ4n) is 2.69. The first-order chi connectivity index (χ1) is 13.8. The normalized spacial score (nSPS) is 11.3. The van der Waals surface area contributed by atoms with Crippen LogP contribution in [0.25, 0.3) is 16.9 Å². The third kappa shape index (κ3) is 4.92. The molecule has 0 saturated heterocycles. The van der Waals surface area contributed by atoms with Gasteiger partial charge in [0.1, 0.15) is 17.2 Å². The van der Waals surface area contributed by atoms with Crippen molar-refractivity contribution in [3.05, 3.63) is 36.8 Å². The molecule has 9 heteroatoms. The van der Waals surface area contributed by atoms with Crippen LogP contribution in [0.1, 0.15) is 20.8 Å².